The summed E-state index contributed by atoms with van der Waals surface area (Å²) < 4.78 is 207. The first-order valence-corrected chi connectivity index (χ1v) is 32.4. The van der Waals surface area contributed by atoms with Crippen molar-refractivity contribution >= 4 is 146 Å². The van der Waals surface area contributed by atoms with Gasteiger partial charge in [0.1, 0.15) is 19.6 Å². The van der Waals surface area contributed by atoms with Crippen LogP contribution in [0.2, 0.25) is 0 Å². The number of benzene rings is 8. The van der Waals surface area contributed by atoms with Crippen LogP contribution in [-0.2, 0) is 73.6 Å². The van der Waals surface area contributed by atoms with Crippen molar-refractivity contribution in [3.05, 3.63) is 156 Å². The van der Waals surface area contributed by atoms with Gasteiger partial charge in [-0.15, -0.1) is 0 Å². The van der Waals surface area contributed by atoms with E-state index in [1.807, 2.05) is 0 Å². The molecule has 0 radical (unpaired) electrons. The van der Waals surface area contributed by atoms with Crippen LogP contribution in [0.15, 0.2) is 163 Å². The van der Waals surface area contributed by atoms with Gasteiger partial charge in [-0.25, -0.2) is 4.79 Å². The molecule has 27 nitrogen and oxygen atoms in total. The Morgan fingerprint density at radius 3 is 1.02 bits per heavy atom. The van der Waals surface area contributed by atoms with Gasteiger partial charge in [0.15, 0.2) is 0 Å². The van der Waals surface area contributed by atoms with Gasteiger partial charge in [-0.3, -0.25) is 36.9 Å². The third kappa shape index (κ3) is 13.8. The lowest BCUT2D eigenvalue weighted by Crippen LogP contribution is -2.20. The van der Waals surface area contributed by atoms with Crippen LogP contribution in [0, 0.1) is 0 Å². The fraction of sp³-hybridized carbons (Fsp3) is 0.0784. The molecule has 0 spiro atoms. The number of carbonyl (C=O) groups excluding carboxylic acids is 3. The topological polar surface area (TPSA) is 450 Å². The van der Waals surface area contributed by atoms with Crippen molar-refractivity contribution in [2.45, 2.75) is 56.1 Å². The monoisotopic (exact) mass is 1270 g/mol. The Hall–Kier alpha value is -8.45. The fourth-order valence-electron chi connectivity index (χ4n) is 8.79. The minimum absolute atomic E-state index is 0.0874. The summed E-state index contributed by atoms with van der Waals surface area (Å²) in [7, 11) is -31.3. The number of nitrogens with one attached hydrogen (secondary N) is 6. The van der Waals surface area contributed by atoms with Crippen LogP contribution >= 0.6 is 0 Å². The van der Waals surface area contributed by atoms with E-state index >= 15 is 0 Å². The molecule has 0 atom stereocenters. The van der Waals surface area contributed by atoms with E-state index in [0.717, 1.165) is 24.3 Å². The summed E-state index contributed by atoms with van der Waals surface area (Å²) in [5.74, 6) is -1.25. The summed E-state index contributed by atoms with van der Waals surface area (Å²) in [5.41, 5.74) is 2.18. The van der Waals surface area contributed by atoms with Crippen LogP contribution in [0.5, 0.6) is 0 Å². The van der Waals surface area contributed by atoms with E-state index in [9.17, 15) is 92.2 Å². The Bertz CT molecular complexity index is 4530. The van der Waals surface area contributed by atoms with Gasteiger partial charge in [-0.1, -0.05) is 26.0 Å². The first kappa shape index (κ1) is 61.6. The minimum atomic E-state index is -5.33. The van der Waals surface area contributed by atoms with E-state index in [2.05, 4.69) is 31.9 Å². The summed E-state index contributed by atoms with van der Waals surface area (Å²) >= 11 is 0. The van der Waals surface area contributed by atoms with Gasteiger partial charge in [0.05, 0.1) is 9.79 Å². The standard InChI is InChI=1S/C51H44N6O21S6/c1-3-27-19-33(52-41-15-17-43(81(67,68)69)37-23-35(79(61,62)63)25-45(47(37)41)83(73,74)75)11-13-39(27)56-49(58)29-7-5-9-31(21-29)54-51(60)55-32-10-6-8-30(22-32)50(59)57-40-14-12-34(20-28(40)4-2)53-42-16-18-44(82(70,71)72)38-24-36(80(64,65)66)26-46(48(38)42)84(76,77)78/h5-26,52-53H,3-4H2,1-2H3,(H,56,58)(H,57,59)(H2,54,55,60)(H,61,62,63)(H,64,65,66)(H,67,68,69)(H,70,71,72)(H,73,74,75)(H,76,77,78). The molecule has 8 aromatic carbocycles. The molecule has 12 N–H and O–H groups in total. The fourth-order valence-corrected chi connectivity index (χ4v) is 12.9. The van der Waals surface area contributed by atoms with Gasteiger partial charge < -0.3 is 31.9 Å². The SMILES string of the molecule is CCc1cc(Nc2ccc(S(=O)(=O)O)c3cc(S(=O)(=O)O)cc(S(=O)(=O)O)c23)ccc1NC(=O)c1cccc(NC(=O)Nc2cccc(C(=O)Nc3ccc(Nc4ccc(S(=O)(=O)O)c5cc(S(=O)(=O)O)cc(S(=O)(=O)O)c45)cc3CC)c2)c1. The summed E-state index contributed by atoms with van der Waals surface area (Å²) in [4.78, 5) is 34.2. The average Bonchev–Trinajstić information content (AvgIpc) is 2.93. The Kier molecular flexibility index (Phi) is 16.8. The Morgan fingerprint density at radius 2 is 0.702 bits per heavy atom. The molecule has 8 aromatic rings. The molecule has 0 bridgehead atoms. The normalized spacial score (nSPS) is 12.4. The zero-order valence-corrected chi connectivity index (χ0v) is 47.8. The van der Waals surface area contributed by atoms with E-state index < -0.39 is 129 Å². The van der Waals surface area contributed by atoms with Crippen LogP contribution in [-0.4, -0.2) is 95.7 Å². The van der Waals surface area contributed by atoms with Gasteiger partial charge in [-0.2, -0.15) is 50.5 Å². The van der Waals surface area contributed by atoms with E-state index in [4.69, 9.17) is 0 Å². The average molecular weight is 1270 g/mol. The van der Waals surface area contributed by atoms with Crippen LogP contribution in [0.3, 0.4) is 0 Å². The third-order valence-corrected chi connectivity index (χ3v) is 17.8. The molecule has 0 saturated carbocycles. The number of hydrogen-bond donors (Lipinski definition) is 12. The summed E-state index contributed by atoms with van der Waals surface area (Å²) in [6, 6.07) is 25.5. The van der Waals surface area contributed by atoms with E-state index in [1.165, 1.54) is 84.9 Å². The zero-order chi connectivity index (χ0) is 61.6. The highest BCUT2D eigenvalue weighted by atomic mass is 32.2. The van der Waals surface area contributed by atoms with E-state index in [-0.39, 0.29) is 45.3 Å². The molecule has 0 aromatic heterocycles. The van der Waals surface area contributed by atoms with Crippen LogP contribution < -0.4 is 31.9 Å². The number of anilines is 8. The smallest absolute Gasteiger partial charge is 0.323 e. The van der Waals surface area contributed by atoms with Crippen LogP contribution in [0.4, 0.5) is 50.3 Å². The number of fused-ring (bicyclic) bond motifs is 2. The van der Waals surface area contributed by atoms with Crippen molar-refractivity contribution in [2.24, 2.45) is 0 Å². The number of amides is 4. The number of hydrogen-bond acceptors (Lipinski definition) is 17. The molecule has 0 fully saturated rings. The van der Waals surface area contributed by atoms with Crippen molar-refractivity contribution < 1.29 is 92.2 Å². The number of carbonyl (C=O) groups is 3. The summed E-state index contributed by atoms with van der Waals surface area (Å²) in [5, 5.41) is 14.0. The van der Waals surface area contributed by atoms with Gasteiger partial charge >= 0.3 is 6.03 Å². The zero-order valence-electron chi connectivity index (χ0n) is 42.9. The molecule has 33 heteroatoms. The number of urea groups is 1. The summed E-state index contributed by atoms with van der Waals surface area (Å²) in [6.07, 6.45) is 0.583. The van der Waals surface area contributed by atoms with Gasteiger partial charge in [0.2, 0.25) is 0 Å². The lowest BCUT2D eigenvalue weighted by Gasteiger charge is -2.17. The van der Waals surface area contributed by atoms with Crippen LogP contribution in [0.1, 0.15) is 45.7 Å². The largest absolute Gasteiger partial charge is 0.355 e. The molecule has 4 amide bonds. The van der Waals surface area contributed by atoms with E-state index in [1.54, 1.807) is 13.8 Å². The van der Waals surface area contributed by atoms with Gasteiger partial charge in [0, 0.05) is 78.2 Å². The van der Waals surface area contributed by atoms with Gasteiger partial charge in [0.25, 0.3) is 72.5 Å². The first-order valence-electron chi connectivity index (χ1n) is 23.8. The maximum absolute atomic E-state index is 13.6. The molecular weight excluding hydrogens is 1220 g/mol. The summed E-state index contributed by atoms with van der Waals surface area (Å²) in [6.45, 7) is 3.48. The predicted octanol–water partition coefficient (Wildman–Crippen LogP) is 8.23. The van der Waals surface area contributed by atoms with E-state index in [0.29, 0.717) is 59.6 Å². The second kappa shape index (κ2) is 23.0. The highest BCUT2D eigenvalue weighted by Gasteiger charge is 2.29. The molecule has 0 aliphatic carbocycles. The lowest BCUT2D eigenvalue weighted by atomic mass is 10.1. The van der Waals surface area contributed by atoms with Gasteiger partial charge in [-0.05, 0) is 145 Å². The lowest BCUT2D eigenvalue weighted by molar-refractivity contribution is 0.101. The Balaban J connectivity index is 0.947. The van der Waals surface area contributed by atoms with Crippen LogP contribution in [0.25, 0.3) is 21.5 Å². The molecule has 0 saturated heterocycles. The van der Waals surface area contributed by atoms with Crippen molar-refractivity contribution in [3.63, 3.8) is 0 Å². The number of rotatable bonds is 18. The third-order valence-electron chi connectivity index (χ3n) is 12.5. The molecule has 84 heavy (non-hydrogen) atoms. The Morgan fingerprint density at radius 1 is 0.357 bits per heavy atom. The second-order valence-corrected chi connectivity index (χ2v) is 26.5. The molecule has 440 valence electrons. The minimum Gasteiger partial charge on any atom is -0.355 e. The first-order chi connectivity index (χ1) is 39.0. The molecule has 8 rings (SSSR count). The molecular formula is C51H44N6O21S6. The Labute approximate surface area is 478 Å². The van der Waals surface area contributed by atoms with Crippen molar-refractivity contribution in [3.8, 4) is 0 Å². The molecule has 0 aliphatic heterocycles. The van der Waals surface area contributed by atoms with Crippen molar-refractivity contribution in [2.75, 3.05) is 31.9 Å². The maximum Gasteiger partial charge on any atom is 0.323 e. The maximum atomic E-state index is 13.6. The van der Waals surface area contributed by atoms with Crippen molar-refractivity contribution in [1.82, 2.24) is 0 Å². The molecule has 0 unspecified atom stereocenters. The highest BCUT2D eigenvalue weighted by Crippen LogP contribution is 2.41. The number of aryl methyl sites for hydroxylation is 2. The predicted molar refractivity (Wildman–Crippen MR) is 306 cm³/mol. The molecule has 0 heterocycles. The quantitative estimate of drug-likeness (QED) is 0.0360. The highest BCUT2D eigenvalue weighted by molar-refractivity contribution is 7.88. The van der Waals surface area contributed by atoms with Crippen molar-refractivity contribution in [1.29, 1.82) is 0 Å². The molecule has 0 aliphatic rings. The second-order valence-electron chi connectivity index (χ2n) is 18.1.